The summed E-state index contributed by atoms with van der Waals surface area (Å²) in [6.45, 7) is 2.01. The van der Waals surface area contributed by atoms with Crippen LogP contribution in [-0.2, 0) is 6.18 Å². The molecule has 0 heterocycles. The summed E-state index contributed by atoms with van der Waals surface area (Å²) in [5.41, 5.74) is 1.66. The molecule has 0 saturated carbocycles. The van der Waals surface area contributed by atoms with Crippen LogP contribution in [0.15, 0.2) is 53.5 Å². The number of aryl methyl sites for hydroxylation is 1. The normalized spacial score (nSPS) is 12.0. The van der Waals surface area contributed by atoms with E-state index in [1.165, 1.54) is 17.7 Å². The first-order chi connectivity index (χ1) is 9.45. The third-order valence-corrected chi connectivity index (χ3v) is 4.38. The summed E-state index contributed by atoms with van der Waals surface area (Å²) >= 11 is -0.105. The molecule has 0 amide bonds. The second-order valence-electron chi connectivity index (χ2n) is 4.36. The van der Waals surface area contributed by atoms with E-state index >= 15 is 0 Å². The van der Waals surface area contributed by atoms with Gasteiger partial charge >= 0.3 is 122 Å². The molecule has 0 N–H and O–H groups in total. The topological polar surface area (TPSA) is 0 Å². The van der Waals surface area contributed by atoms with Gasteiger partial charge in [0.1, 0.15) is 0 Å². The van der Waals surface area contributed by atoms with E-state index in [1.54, 1.807) is 6.07 Å². The van der Waals surface area contributed by atoms with E-state index < -0.39 is 11.7 Å². The fraction of sp³-hybridized carbons (Fsp3) is 0.125. The molecule has 2 rings (SSSR count). The van der Waals surface area contributed by atoms with Crippen LogP contribution in [-0.4, -0.2) is 15.0 Å². The Morgan fingerprint density at radius 1 is 1.00 bits per heavy atom. The summed E-state index contributed by atoms with van der Waals surface area (Å²) in [5.74, 6) is 0. The molecule has 0 aromatic heterocycles. The number of benzene rings is 2. The van der Waals surface area contributed by atoms with Crippen molar-refractivity contribution in [3.05, 3.63) is 70.2 Å². The molecule has 0 spiro atoms. The summed E-state index contributed by atoms with van der Waals surface area (Å²) in [6, 6.07) is 13.5. The molecular weight excluding hydrogens is 328 g/mol. The zero-order valence-electron chi connectivity index (χ0n) is 10.8. The Bertz CT molecular complexity index is 598. The van der Waals surface area contributed by atoms with Gasteiger partial charge in [0.2, 0.25) is 0 Å². The third kappa shape index (κ3) is 4.26. The Balaban J connectivity index is 2.05. The third-order valence-electron chi connectivity index (χ3n) is 2.70. The minimum absolute atomic E-state index is 0.105. The van der Waals surface area contributed by atoms with Gasteiger partial charge in [-0.1, -0.05) is 0 Å². The molecule has 0 nitrogen and oxygen atoms in total. The predicted octanol–water partition coefficient (Wildman–Crippen LogP) is 4.01. The molecule has 0 atom stereocenters. The van der Waals surface area contributed by atoms with E-state index in [4.69, 9.17) is 0 Å². The van der Waals surface area contributed by atoms with Crippen molar-refractivity contribution in [3.8, 4) is 0 Å². The van der Waals surface area contributed by atoms with Gasteiger partial charge in [0, 0.05) is 0 Å². The standard InChI is InChI=1S/C16H13F3Se/c1-12-5-7-13(8-6-12)9-10-20-15-4-2-3-14(11-15)16(17,18)19/h2-11H,1H3/b10-9+. The van der Waals surface area contributed by atoms with Crippen molar-refractivity contribution in [2.24, 2.45) is 0 Å². The van der Waals surface area contributed by atoms with Crippen LogP contribution in [0.3, 0.4) is 0 Å². The molecule has 0 saturated heterocycles. The summed E-state index contributed by atoms with van der Waals surface area (Å²) in [4.78, 5) is 1.94. The van der Waals surface area contributed by atoms with Gasteiger partial charge in [0.05, 0.1) is 0 Å². The summed E-state index contributed by atoms with van der Waals surface area (Å²) in [7, 11) is 0. The van der Waals surface area contributed by atoms with Crippen LogP contribution in [0.1, 0.15) is 16.7 Å². The van der Waals surface area contributed by atoms with Crippen molar-refractivity contribution in [1.82, 2.24) is 0 Å². The Kier molecular flexibility index (Phi) is 4.68. The summed E-state index contributed by atoms with van der Waals surface area (Å²) in [6.07, 6.45) is -2.33. The molecule has 0 fully saturated rings. The van der Waals surface area contributed by atoms with Crippen LogP contribution < -0.4 is 4.46 Å². The molecular formula is C16H13F3Se. The zero-order chi connectivity index (χ0) is 14.6. The summed E-state index contributed by atoms with van der Waals surface area (Å²) < 4.78 is 38.5. The zero-order valence-corrected chi connectivity index (χ0v) is 12.5. The molecule has 2 aromatic rings. The van der Waals surface area contributed by atoms with Crippen molar-refractivity contribution in [3.63, 3.8) is 0 Å². The Morgan fingerprint density at radius 2 is 1.70 bits per heavy atom. The van der Waals surface area contributed by atoms with E-state index in [-0.39, 0.29) is 15.0 Å². The van der Waals surface area contributed by atoms with Gasteiger partial charge < -0.3 is 0 Å². The first-order valence-corrected chi connectivity index (χ1v) is 7.87. The molecule has 104 valence electrons. The molecule has 4 heteroatoms. The monoisotopic (exact) mass is 342 g/mol. The van der Waals surface area contributed by atoms with Crippen LogP contribution in [0.25, 0.3) is 6.08 Å². The first kappa shape index (κ1) is 14.9. The molecule has 0 aliphatic carbocycles. The van der Waals surface area contributed by atoms with Crippen molar-refractivity contribution in [1.29, 1.82) is 0 Å². The second-order valence-corrected chi connectivity index (χ2v) is 6.41. The Morgan fingerprint density at radius 3 is 2.35 bits per heavy atom. The molecule has 0 aliphatic heterocycles. The van der Waals surface area contributed by atoms with Crippen LogP contribution in [0.4, 0.5) is 13.2 Å². The van der Waals surface area contributed by atoms with Gasteiger partial charge in [-0.3, -0.25) is 0 Å². The van der Waals surface area contributed by atoms with E-state index in [0.717, 1.165) is 16.1 Å². The van der Waals surface area contributed by atoms with Gasteiger partial charge in [-0.25, -0.2) is 0 Å². The molecule has 2 aromatic carbocycles. The SMILES string of the molecule is Cc1ccc(/C=C/[Se]c2cccc(C(F)(F)F)c2)cc1. The molecule has 0 bridgehead atoms. The van der Waals surface area contributed by atoms with Crippen LogP contribution in [0.5, 0.6) is 0 Å². The number of hydrogen-bond acceptors (Lipinski definition) is 0. The Labute approximate surface area is 122 Å². The number of alkyl halides is 3. The predicted molar refractivity (Wildman–Crippen MR) is 77.0 cm³/mol. The second kappa shape index (κ2) is 6.29. The van der Waals surface area contributed by atoms with Crippen molar-refractivity contribution < 1.29 is 13.2 Å². The van der Waals surface area contributed by atoms with E-state index in [2.05, 4.69) is 0 Å². The average molecular weight is 341 g/mol. The maximum atomic E-state index is 12.6. The minimum atomic E-state index is -4.27. The fourth-order valence-electron chi connectivity index (χ4n) is 1.61. The average Bonchev–Trinajstić information content (AvgIpc) is 2.40. The van der Waals surface area contributed by atoms with Crippen molar-refractivity contribution in [2.75, 3.05) is 0 Å². The number of halogens is 3. The van der Waals surface area contributed by atoms with Gasteiger partial charge in [-0.15, -0.1) is 0 Å². The van der Waals surface area contributed by atoms with Gasteiger partial charge in [-0.05, 0) is 0 Å². The quantitative estimate of drug-likeness (QED) is 0.740. The van der Waals surface area contributed by atoms with Gasteiger partial charge in [-0.2, -0.15) is 0 Å². The van der Waals surface area contributed by atoms with Crippen LogP contribution in [0, 0.1) is 6.92 Å². The van der Waals surface area contributed by atoms with E-state index in [1.807, 2.05) is 42.2 Å². The van der Waals surface area contributed by atoms with Crippen LogP contribution >= 0.6 is 0 Å². The molecule has 20 heavy (non-hydrogen) atoms. The Hall–Kier alpha value is -1.51. The fourth-order valence-corrected chi connectivity index (χ4v) is 3.16. The van der Waals surface area contributed by atoms with E-state index in [0.29, 0.717) is 0 Å². The van der Waals surface area contributed by atoms with Crippen LogP contribution in [0.2, 0.25) is 0 Å². The number of rotatable bonds is 3. The van der Waals surface area contributed by atoms with E-state index in [9.17, 15) is 13.2 Å². The van der Waals surface area contributed by atoms with Gasteiger partial charge in [0.25, 0.3) is 0 Å². The number of hydrogen-bond donors (Lipinski definition) is 0. The van der Waals surface area contributed by atoms with Crippen molar-refractivity contribution >= 4 is 25.5 Å². The van der Waals surface area contributed by atoms with Gasteiger partial charge in [0.15, 0.2) is 0 Å². The molecule has 0 radical (unpaired) electrons. The maximum absolute atomic E-state index is 12.6. The molecule has 0 aliphatic rings. The van der Waals surface area contributed by atoms with Crippen molar-refractivity contribution in [2.45, 2.75) is 13.1 Å². The first-order valence-electron chi connectivity index (χ1n) is 6.02. The summed E-state index contributed by atoms with van der Waals surface area (Å²) in [5, 5.41) is 0. The molecule has 0 unspecified atom stereocenters.